The van der Waals surface area contributed by atoms with Crippen LogP contribution in [0.5, 0.6) is 0 Å². The van der Waals surface area contributed by atoms with E-state index in [0.717, 1.165) is 6.54 Å². The van der Waals surface area contributed by atoms with Crippen molar-refractivity contribution in [1.82, 2.24) is 9.88 Å². The Bertz CT molecular complexity index is 317. The van der Waals surface area contributed by atoms with Crippen molar-refractivity contribution >= 4 is 17.6 Å². The fourth-order valence-corrected chi connectivity index (χ4v) is 2.12. The average molecular weight is 239 g/mol. The monoisotopic (exact) mass is 239 g/mol. The fourth-order valence-electron chi connectivity index (χ4n) is 1.55. The van der Waals surface area contributed by atoms with Gasteiger partial charge in [-0.2, -0.15) is 11.8 Å². The van der Waals surface area contributed by atoms with Gasteiger partial charge in [-0.15, -0.1) is 0 Å². The molecular formula is C12H21N3S. The Kier molecular flexibility index (Phi) is 5.63. The molecule has 0 aliphatic rings. The van der Waals surface area contributed by atoms with Gasteiger partial charge in [-0.3, -0.25) is 4.90 Å². The molecule has 16 heavy (non-hydrogen) atoms. The van der Waals surface area contributed by atoms with Crippen molar-refractivity contribution < 1.29 is 0 Å². The van der Waals surface area contributed by atoms with Gasteiger partial charge in [0, 0.05) is 18.8 Å². The molecule has 1 unspecified atom stereocenters. The molecule has 0 radical (unpaired) electrons. The lowest BCUT2D eigenvalue weighted by Crippen LogP contribution is -2.29. The zero-order valence-electron chi connectivity index (χ0n) is 10.3. The van der Waals surface area contributed by atoms with Gasteiger partial charge in [-0.1, -0.05) is 0 Å². The second-order valence-corrected chi connectivity index (χ2v) is 5.12. The van der Waals surface area contributed by atoms with Crippen LogP contribution in [0.25, 0.3) is 0 Å². The van der Waals surface area contributed by atoms with Crippen LogP contribution in [0.15, 0.2) is 18.3 Å². The molecule has 0 aliphatic heterocycles. The van der Waals surface area contributed by atoms with Crippen molar-refractivity contribution in [3.8, 4) is 0 Å². The molecule has 0 amide bonds. The number of nitrogens with zero attached hydrogens (tertiary/aromatic N) is 2. The zero-order valence-corrected chi connectivity index (χ0v) is 11.1. The highest BCUT2D eigenvalue weighted by Crippen LogP contribution is 2.11. The molecule has 1 heterocycles. The van der Waals surface area contributed by atoms with Gasteiger partial charge >= 0.3 is 0 Å². The van der Waals surface area contributed by atoms with Crippen molar-refractivity contribution in [3.05, 3.63) is 23.9 Å². The van der Waals surface area contributed by atoms with Crippen LogP contribution in [-0.2, 0) is 6.54 Å². The quantitative estimate of drug-likeness (QED) is 0.826. The maximum absolute atomic E-state index is 5.66. The summed E-state index contributed by atoms with van der Waals surface area (Å²) in [6.45, 7) is 3.20. The van der Waals surface area contributed by atoms with E-state index >= 15 is 0 Å². The first-order valence-electron chi connectivity index (χ1n) is 5.53. The number of anilines is 1. The highest BCUT2D eigenvalue weighted by Gasteiger charge is 2.09. The van der Waals surface area contributed by atoms with Crippen LogP contribution in [0.2, 0.25) is 0 Å². The van der Waals surface area contributed by atoms with Crippen LogP contribution in [0.3, 0.4) is 0 Å². The number of aromatic nitrogens is 1. The summed E-state index contributed by atoms with van der Waals surface area (Å²) < 4.78 is 0. The molecule has 0 saturated carbocycles. The number of rotatable bonds is 6. The summed E-state index contributed by atoms with van der Waals surface area (Å²) in [5.41, 5.74) is 6.89. The summed E-state index contributed by atoms with van der Waals surface area (Å²) in [5, 5.41) is 0. The van der Waals surface area contributed by atoms with E-state index < -0.39 is 0 Å². The summed E-state index contributed by atoms with van der Waals surface area (Å²) in [6.07, 6.45) is 5.14. The van der Waals surface area contributed by atoms with E-state index in [0.29, 0.717) is 11.9 Å². The molecule has 1 aromatic heterocycles. The Labute approximate surface area is 102 Å². The highest BCUT2D eigenvalue weighted by molar-refractivity contribution is 7.98. The van der Waals surface area contributed by atoms with Gasteiger partial charge in [-0.25, -0.2) is 4.98 Å². The lowest BCUT2D eigenvalue weighted by Gasteiger charge is -2.24. The molecule has 0 saturated heterocycles. The summed E-state index contributed by atoms with van der Waals surface area (Å²) in [4.78, 5) is 6.35. The maximum atomic E-state index is 5.66. The minimum absolute atomic E-state index is 0.599. The standard InChI is InChI=1S/C12H21N3S/c1-10(5-7-16-3)15(2)9-11-4-6-14-12(13)8-11/h4,6,8,10H,5,7,9H2,1-3H3,(H2,13,14). The Balaban J connectivity index is 2.47. The van der Waals surface area contributed by atoms with Crippen LogP contribution >= 0.6 is 11.8 Å². The summed E-state index contributed by atoms with van der Waals surface area (Å²) in [6, 6.07) is 4.56. The van der Waals surface area contributed by atoms with Crippen LogP contribution in [-0.4, -0.2) is 35.0 Å². The highest BCUT2D eigenvalue weighted by atomic mass is 32.2. The molecule has 0 fully saturated rings. The summed E-state index contributed by atoms with van der Waals surface area (Å²) in [5.74, 6) is 1.81. The van der Waals surface area contributed by atoms with Crippen molar-refractivity contribution in [2.45, 2.75) is 25.9 Å². The SMILES string of the molecule is CSCCC(C)N(C)Cc1ccnc(N)c1. The lowest BCUT2D eigenvalue weighted by atomic mass is 10.2. The summed E-state index contributed by atoms with van der Waals surface area (Å²) in [7, 11) is 2.15. The number of nitrogens with two attached hydrogens (primary N) is 1. The van der Waals surface area contributed by atoms with Gasteiger partial charge in [0.05, 0.1) is 0 Å². The third-order valence-electron chi connectivity index (χ3n) is 2.77. The maximum Gasteiger partial charge on any atom is 0.123 e. The second-order valence-electron chi connectivity index (χ2n) is 4.13. The molecule has 1 atom stereocenters. The topological polar surface area (TPSA) is 42.2 Å². The number of hydrogen-bond acceptors (Lipinski definition) is 4. The molecule has 1 rings (SSSR count). The van der Waals surface area contributed by atoms with Crippen molar-refractivity contribution in [2.24, 2.45) is 0 Å². The van der Waals surface area contributed by atoms with Crippen LogP contribution in [0.1, 0.15) is 18.9 Å². The molecule has 0 aromatic carbocycles. The Morgan fingerprint density at radius 1 is 1.56 bits per heavy atom. The number of pyridine rings is 1. The molecule has 0 aliphatic carbocycles. The Morgan fingerprint density at radius 3 is 2.94 bits per heavy atom. The molecule has 0 bridgehead atoms. The van der Waals surface area contributed by atoms with E-state index in [4.69, 9.17) is 5.73 Å². The molecular weight excluding hydrogens is 218 g/mol. The van der Waals surface area contributed by atoms with Crippen LogP contribution in [0.4, 0.5) is 5.82 Å². The van der Waals surface area contributed by atoms with Gasteiger partial charge in [0.15, 0.2) is 0 Å². The minimum Gasteiger partial charge on any atom is -0.384 e. The van der Waals surface area contributed by atoms with E-state index in [-0.39, 0.29) is 0 Å². The summed E-state index contributed by atoms with van der Waals surface area (Å²) >= 11 is 1.90. The average Bonchev–Trinajstić information content (AvgIpc) is 2.25. The minimum atomic E-state index is 0.599. The lowest BCUT2D eigenvalue weighted by molar-refractivity contribution is 0.245. The Hall–Kier alpha value is -0.740. The zero-order chi connectivity index (χ0) is 12.0. The molecule has 1 aromatic rings. The van der Waals surface area contributed by atoms with Gasteiger partial charge < -0.3 is 5.73 Å². The van der Waals surface area contributed by atoms with Gasteiger partial charge in [-0.05, 0) is 50.1 Å². The van der Waals surface area contributed by atoms with Crippen LogP contribution < -0.4 is 5.73 Å². The smallest absolute Gasteiger partial charge is 0.123 e. The first-order chi connectivity index (χ1) is 7.63. The first kappa shape index (κ1) is 13.3. The van der Waals surface area contributed by atoms with E-state index in [1.165, 1.54) is 17.7 Å². The molecule has 0 spiro atoms. The molecule has 4 heteroatoms. The third kappa shape index (κ3) is 4.41. The normalized spacial score (nSPS) is 13.0. The molecule has 3 nitrogen and oxygen atoms in total. The van der Waals surface area contributed by atoms with E-state index in [2.05, 4.69) is 30.1 Å². The van der Waals surface area contributed by atoms with Crippen molar-refractivity contribution in [1.29, 1.82) is 0 Å². The van der Waals surface area contributed by atoms with Crippen molar-refractivity contribution in [2.75, 3.05) is 24.8 Å². The second kappa shape index (κ2) is 6.76. The van der Waals surface area contributed by atoms with Gasteiger partial charge in [0.2, 0.25) is 0 Å². The van der Waals surface area contributed by atoms with E-state index in [9.17, 15) is 0 Å². The fraction of sp³-hybridized carbons (Fsp3) is 0.583. The predicted molar refractivity (Wildman–Crippen MR) is 72.6 cm³/mol. The number of nitrogen functional groups attached to an aromatic ring is 1. The van der Waals surface area contributed by atoms with Gasteiger partial charge in [0.1, 0.15) is 5.82 Å². The molecule has 2 N–H and O–H groups in total. The predicted octanol–water partition coefficient (Wildman–Crippen LogP) is 2.24. The van der Waals surface area contributed by atoms with E-state index in [1.807, 2.05) is 23.9 Å². The number of hydrogen-bond donors (Lipinski definition) is 1. The molecule has 90 valence electrons. The first-order valence-corrected chi connectivity index (χ1v) is 6.92. The number of thioether (sulfide) groups is 1. The van der Waals surface area contributed by atoms with Crippen LogP contribution in [0, 0.1) is 0 Å². The largest absolute Gasteiger partial charge is 0.384 e. The Morgan fingerprint density at radius 2 is 2.31 bits per heavy atom. The van der Waals surface area contributed by atoms with Crippen molar-refractivity contribution in [3.63, 3.8) is 0 Å². The van der Waals surface area contributed by atoms with Gasteiger partial charge in [0.25, 0.3) is 0 Å². The third-order valence-corrected chi connectivity index (χ3v) is 3.41. The van der Waals surface area contributed by atoms with E-state index in [1.54, 1.807) is 6.20 Å².